The van der Waals surface area contributed by atoms with Gasteiger partial charge in [-0.15, -0.1) is 0 Å². The first-order chi connectivity index (χ1) is 20.8. The molecule has 0 aliphatic carbocycles. The van der Waals surface area contributed by atoms with Gasteiger partial charge in [0.2, 0.25) is 13.6 Å². The van der Waals surface area contributed by atoms with Crippen molar-refractivity contribution in [3.63, 3.8) is 0 Å². The summed E-state index contributed by atoms with van der Waals surface area (Å²) < 4.78 is 33.7. The van der Waals surface area contributed by atoms with Crippen molar-refractivity contribution >= 4 is 11.9 Å². The van der Waals surface area contributed by atoms with Crippen LogP contribution in [-0.4, -0.2) is 55.6 Å². The largest absolute Gasteiger partial charge is 0.457 e. The Balaban J connectivity index is 1.86. The number of aryl methyl sites for hydroxylation is 2. The van der Waals surface area contributed by atoms with E-state index in [2.05, 4.69) is 50.4 Å². The minimum absolute atomic E-state index is 0.105. The molecular formula is C34H37FO8. The van der Waals surface area contributed by atoms with Gasteiger partial charge in [0, 0.05) is 6.07 Å². The molecule has 43 heavy (non-hydrogen) atoms. The van der Waals surface area contributed by atoms with Crippen LogP contribution in [0.4, 0.5) is 4.39 Å². The van der Waals surface area contributed by atoms with Crippen molar-refractivity contribution in [2.45, 2.75) is 32.6 Å². The van der Waals surface area contributed by atoms with Crippen LogP contribution in [0.25, 0.3) is 22.3 Å². The van der Waals surface area contributed by atoms with E-state index in [-0.39, 0.29) is 17.8 Å². The predicted molar refractivity (Wildman–Crippen MR) is 161 cm³/mol. The van der Waals surface area contributed by atoms with Gasteiger partial charge in [-0.25, -0.2) is 9.59 Å². The average molecular weight is 593 g/mol. The standard InChI is InChI=1S/C34H37FO8/c1-4-26-15-28(27-10-8-25(9-11-27)7-5-6-14-35)12-13-32(26)29-16-30(40-21-42-33(38)23(2)19-36)18-31(17-29)41-22-43-34(39)24(3)20-37/h8-13,15-18,36-37H,2-7,14,19-22H2,1H3. The van der Waals surface area contributed by atoms with E-state index in [0.29, 0.717) is 17.9 Å². The number of ether oxygens (including phenoxy) is 4. The van der Waals surface area contributed by atoms with Gasteiger partial charge in [-0.05, 0) is 71.2 Å². The fourth-order valence-electron chi connectivity index (χ4n) is 4.16. The van der Waals surface area contributed by atoms with Crippen molar-refractivity contribution in [1.82, 2.24) is 0 Å². The Morgan fingerprint density at radius 1 is 0.744 bits per heavy atom. The van der Waals surface area contributed by atoms with Gasteiger partial charge in [0.05, 0.1) is 31.0 Å². The first-order valence-corrected chi connectivity index (χ1v) is 13.9. The topological polar surface area (TPSA) is 112 Å². The fourth-order valence-corrected chi connectivity index (χ4v) is 4.16. The van der Waals surface area contributed by atoms with Gasteiger partial charge in [-0.3, -0.25) is 4.39 Å². The van der Waals surface area contributed by atoms with Gasteiger partial charge in [-0.2, -0.15) is 0 Å². The zero-order valence-electron chi connectivity index (χ0n) is 24.3. The molecule has 2 N–H and O–H groups in total. The maximum absolute atomic E-state index is 12.4. The highest BCUT2D eigenvalue weighted by molar-refractivity contribution is 5.88. The maximum atomic E-state index is 12.4. The van der Waals surface area contributed by atoms with Crippen LogP contribution in [0.3, 0.4) is 0 Å². The zero-order valence-corrected chi connectivity index (χ0v) is 24.3. The number of benzene rings is 3. The fraction of sp³-hybridized carbons (Fsp3) is 0.294. The molecule has 0 saturated carbocycles. The lowest BCUT2D eigenvalue weighted by Gasteiger charge is -2.16. The zero-order chi connectivity index (χ0) is 31.2. The third-order valence-electron chi connectivity index (χ3n) is 6.60. The van der Waals surface area contributed by atoms with Crippen molar-refractivity contribution in [1.29, 1.82) is 0 Å². The van der Waals surface area contributed by atoms with Crippen LogP contribution >= 0.6 is 0 Å². The molecule has 228 valence electrons. The van der Waals surface area contributed by atoms with Crippen molar-refractivity contribution < 1.29 is 43.1 Å². The molecule has 0 heterocycles. The van der Waals surface area contributed by atoms with Crippen LogP contribution in [0.2, 0.25) is 0 Å². The summed E-state index contributed by atoms with van der Waals surface area (Å²) in [5.41, 5.74) is 5.80. The summed E-state index contributed by atoms with van der Waals surface area (Å²) in [6.07, 6.45) is 2.96. The van der Waals surface area contributed by atoms with E-state index in [4.69, 9.17) is 29.2 Å². The highest BCUT2D eigenvalue weighted by Gasteiger charge is 2.13. The van der Waals surface area contributed by atoms with Crippen molar-refractivity contribution in [2.75, 3.05) is 33.5 Å². The number of rotatable bonds is 17. The average Bonchev–Trinajstić information content (AvgIpc) is 3.03. The first kappa shape index (κ1) is 33.0. The number of carbonyl (C=O) groups is 2. The highest BCUT2D eigenvalue weighted by Crippen LogP contribution is 2.34. The summed E-state index contributed by atoms with van der Waals surface area (Å²) in [4.78, 5) is 23.7. The normalized spacial score (nSPS) is 10.6. The molecule has 3 aromatic rings. The molecule has 0 unspecified atom stereocenters. The van der Waals surface area contributed by atoms with Gasteiger partial charge < -0.3 is 29.2 Å². The molecule has 9 heteroatoms. The summed E-state index contributed by atoms with van der Waals surface area (Å²) in [6, 6.07) is 19.5. The molecule has 3 aromatic carbocycles. The number of esters is 2. The molecule has 0 aromatic heterocycles. The van der Waals surface area contributed by atoms with Gasteiger partial charge in [0.15, 0.2) is 0 Å². The molecular weight excluding hydrogens is 555 g/mol. The number of aliphatic hydroxyl groups excluding tert-OH is 2. The molecule has 0 aliphatic heterocycles. The van der Waals surface area contributed by atoms with Crippen molar-refractivity contribution in [2.24, 2.45) is 0 Å². The second-order valence-corrected chi connectivity index (χ2v) is 9.67. The molecule has 0 radical (unpaired) electrons. The van der Waals surface area contributed by atoms with Crippen LogP contribution in [0.15, 0.2) is 85.0 Å². The third-order valence-corrected chi connectivity index (χ3v) is 6.60. The number of aliphatic hydroxyl groups is 2. The van der Waals surface area contributed by atoms with Crippen LogP contribution in [0.5, 0.6) is 11.5 Å². The van der Waals surface area contributed by atoms with Crippen molar-refractivity contribution in [3.05, 3.63) is 96.1 Å². The van der Waals surface area contributed by atoms with E-state index in [0.717, 1.165) is 47.1 Å². The second kappa shape index (κ2) is 16.8. The third kappa shape index (κ3) is 9.80. The molecule has 3 rings (SSSR count). The van der Waals surface area contributed by atoms with Crippen LogP contribution < -0.4 is 9.47 Å². The van der Waals surface area contributed by atoms with Crippen LogP contribution in [0, 0.1) is 0 Å². The number of halogens is 1. The molecule has 8 nitrogen and oxygen atoms in total. The Hall–Kier alpha value is -4.47. The minimum atomic E-state index is -0.789. The number of alkyl halides is 1. The summed E-state index contributed by atoms with van der Waals surface area (Å²) in [5, 5.41) is 18.1. The Bertz CT molecular complexity index is 1360. The summed E-state index contributed by atoms with van der Waals surface area (Å²) in [7, 11) is 0. The quantitative estimate of drug-likeness (QED) is 0.0885. The number of hydrogen-bond donors (Lipinski definition) is 2. The highest BCUT2D eigenvalue weighted by atomic mass is 19.1. The summed E-state index contributed by atoms with van der Waals surface area (Å²) in [5.74, 6) is -0.948. The van der Waals surface area contributed by atoms with Crippen molar-refractivity contribution in [3.8, 4) is 33.8 Å². The molecule has 0 atom stereocenters. The number of carbonyl (C=O) groups excluding carboxylic acids is 2. The first-order valence-electron chi connectivity index (χ1n) is 13.9. The monoisotopic (exact) mass is 592 g/mol. The van der Waals surface area contributed by atoms with E-state index < -0.39 is 38.7 Å². The van der Waals surface area contributed by atoms with E-state index in [1.54, 1.807) is 18.2 Å². The minimum Gasteiger partial charge on any atom is -0.457 e. The van der Waals surface area contributed by atoms with Gasteiger partial charge in [0.1, 0.15) is 11.5 Å². The Kier molecular flexibility index (Phi) is 12.9. The maximum Gasteiger partial charge on any atom is 0.338 e. The number of hydrogen-bond acceptors (Lipinski definition) is 8. The van der Waals surface area contributed by atoms with Gasteiger partial charge in [0.25, 0.3) is 0 Å². The smallest absolute Gasteiger partial charge is 0.338 e. The molecule has 0 bridgehead atoms. The van der Waals surface area contributed by atoms with E-state index in [1.807, 2.05) is 12.1 Å². The molecule has 0 amide bonds. The molecule has 0 spiro atoms. The lowest BCUT2D eigenvalue weighted by molar-refractivity contribution is -0.146. The van der Waals surface area contributed by atoms with Crippen LogP contribution in [-0.2, 0) is 31.9 Å². The SMILES string of the molecule is C=C(CO)C(=O)OCOc1cc(OCOC(=O)C(=C)CO)cc(-c2ccc(-c3ccc(CCCCF)cc3)cc2CC)c1. The lowest BCUT2D eigenvalue weighted by atomic mass is 9.93. The summed E-state index contributed by atoms with van der Waals surface area (Å²) >= 11 is 0. The Morgan fingerprint density at radius 3 is 1.81 bits per heavy atom. The number of unbranched alkanes of at least 4 members (excludes halogenated alkanes) is 1. The van der Waals surface area contributed by atoms with E-state index in [1.165, 1.54) is 5.56 Å². The van der Waals surface area contributed by atoms with E-state index >= 15 is 0 Å². The lowest BCUT2D eigenvalue weighted by Crippen LogP contribution is -2.14. The Morgan fingerprint density at radius 2 is 1.30 bits per heavy atom. The molecule has 0 saturated heterocycles. The Labute approximate surface area is 251 Å². The molecule has 0 aliphatic rings. The van der Waals surface area contributed by atoms with Gasteiger partial charge in [-0.1, -0.05) is 62.5 Å². The second-order valence-electron chi connectivity index (χ2n) is 9.67. The van der Waals surface area contributed by atoms with Crippen LogP contribution in [0.1, 0.15) is 30.9 Å². The van der Waals surface area contributed by atoms with E-state index in [9.17, 15) is 14.0 Å². The van der Waals surface area contributed by atoms with Gasteiger partial charge >= 0.3 is 11.9 Å². The molecule has 0 fully saturated rings. The predicted octanol–water partition coefficient (Wildman–Crippen LogP) is 5.73. The summed E-state index contributed by atoms with van der Waals surface area (Å²) in [6.45, 7) is 6.67.